The van der Waals surface area contributed by atoms with Crippen molar-refractivity contribution < 1.29 is 18.9 Å². The molecule has 6 aliphatic rings. The zero-order chi connectivity index (χ0) is 39.3. The summed E-state index contributed by atoms with van der Waals surface area (Å²) in [6.45, 7) is 9.00. The maximum Gasteiger partial charge on any atom is 0.242 e. The van der Waals surface area contributed by atoms with Gasteiger partial charge in [0.05, 0.1) is 48.1 Å². The Labute approximate surface area is 340 Å². The van der Waals surface area contributed by atoms with E-state index < -0.39 is 0 Å². The number of aromatic nitrogens is 4. The summed E-state index contributed by atoms with van der Waals surface area (Å²) in [6.07, 6.45) is 10.2. The van der Waals surface area contributed by atoms with Gasteiger partial charge in [0, 0.05) is 47.4 Å². The van der Waals surface area contributed by atoms with Gasteiger partial charge in [-0.05, 0) is 123 Å². The quantitative estimate of drug-likeness (QED) is 0.120. The highest BCUT2D eigenvalue weighted by molar-refractivity contribution is 5.91. The number of methoxy groups -OCH3 is 2. The average Bonchev–Trinajstić information content (AvgIpc) is 3.29. The molecule has 6 aromatic rings. The van der Waals surface area contributed by atoms with Crippen LogP contribution in [0.5, 0.6) is 23.3 Å². The van der Waals surface area contributed by atoms with Crippen LogP contribution >= 0.6 is 0 Å². The Hall–Kier alpha value is -5.06. The third-order valence-electron chi connectivity index (χ3n) is 14.3. The van der Waals surface area contributed by atoms with Gasteiger partial charge in [-0.15, -0.1) is 10.2 Å². The van der Waals surface area contributed by atoms with Crippen LogP contribution in [0.15, 0.2) is 85.2 Å². The molecule has 2 unspecified atom stereocenters. The topological polar surface area (TPSA) is 95.0 Å². The van der Waals surface area contributed by atoms with Crippen LogP contribution in [0.1, 0.15) is 75.7 Å². The molecule has 9 heterocycles. The van der Waals surface area contributed by atoms with Crippen LogP contribution in [0.4, 0.5) is 0 Å². The Morgan fingerprint density at radius 3 is 1.47 bits per heavy atom. The minimum absolute atomic E-state index is 0.180. The number of fused-ring (bicyclic) bond motifs is 9. The SMILES string of the molecule is CC[C@H]1CN2CC[C@H]1C[C@H]2[C@H](Oc1nnc(O[C@H](c2ccnc3ccc(OC)cc23)[C@@H]2C[C@@H]3CCN2C[C@@H]3CC)c2ccccc12)c1ccnc2ccc(OC)cc12. The molecule has 12 rings (SSSR count). The molecule has 0 radical (unpaired) electrons. The minimum atomic E-state index is -0.300. The molecule has 300 valence electrons. The monoisotopic (exact) mass is 778 g/mol. The van der Waals surface area contributed by atoms with Crippen molar-refractivity contribution >= 4 is 32.6 Å². The summed E-state index contributed by atoms with van der Waals surface area (Å²) >= 11 is 0. The van der Waals surface area contributed by atoms with E-state index in [0.29, 0.717) is 35.4 Å². The van der Waals surface area contributed by atoms with Crippen molar-refractivity contribution in [2.24, 2.45) is 23.7 Å². The summed E-state index contributed by atoms with van der Waals surface area (Å²) in [5, 5.41) is 13.7. The Kier molecular flexibility index (Phi) is 10.0. The second-order valence-electron chi connectivity index (χ2n) is 17.0. The third kappa shape index (κ3) is 6.58. The van der Waals surface area contributed by atoms with Crippen LogP contribution in [0, 0.1) is 23.7 Å². The van der Waals surface area contributed by atoms with E-state index in [9.17, 15) is 0 Å². The number of nitrogens with zero attached hydrogens (tertiary/aromatic N) is 6. The van der Waals surface area contributed by atoms with Crippen molar-refractivity contribution in [3.05, 3.63) is 96.3 Å². The number of benzene rings is 3. The Morgan fingerprint density at radius 1 is 0.603 bits per heavy atom. The summed E-state index contributed by atoms with van der Waals surface area (Å²) < 4.78 is 26.0. The van der Waals surface area contributed by atoms with E-state index in [0.717, 1.165) is 94.2 Å². The molecule has 3 aromatic carbocycles. The number of hydrogen-bond acceptors (Lipinski definition) is 10. The molecule has 10 heteroatoms. The molecular weight excluding hydrogens is 725 g/mol. The molecule has 0 aliphatic carbocycles. The number of hydrogen-bond donors (Lipinski definition) is 0. The largest absolute Gasteiger partial charge is 0.497 e. The van der Waals surface area contributed by atoms with Gasteiger partial charge < -0.3 is 18.9 Å². The Bertz CT molecular complexity index is 2280. The van der Waals surface area contributed by atoms with E-state index >= 15 is 0 Å². The van der Waals surface area contributed by atoms with Gasteiger partial charge in [0.1, 0.15) is 23.7 Å². The second kappa shape index (κ2) is 15.6. The van der Waals surface area contributed by atoms with Gasteiger partial charge in [0.2, 0.25) is 11.8 Å². The van der Waals surface area contributed by atoms with Crippen molar-refractivity contribution in [2.45, 2.75) is 76.7 Å². The number of pyridine rings is 2. The van der Waals surface area contributed by atoms with E-state index in [1.54, 1.807) is 14.2 Å². The van der Waals surface area contributed by atoms with Crippen LogP contribution in [-0.4, -0.2) is 82.4 Å². The van der Waals surface area contributed by atoms with Gasteiger partial charge in [-0.3, -0.25) is 19.8 Å². The maximum atomic E-state index is 7.30. The van der Waals surface area contributed by atoms with Crippen LogP contribution in [0.25, 0.3) is 32.6 Å². The summed E-state index contributed by atoms with van der Waals surface area (Å²) in [4.78, 5) is 14.8. The molecule has 4 bridgehead atoms. The zero-order valence-corrected chi connectivity index (χ0v) is 34.1. The second-order valence-corrected chi connectivity index (χ2v) is 17.0. The van der Waals surface area contributed by atoms with Gasteiger partial charge in [-0.2, -0.15) is 0 Å². The lowest BCUT2D eigenvalue weighted by Crippen LogP contribution is -2.56. The fraction of sp³-hybridized carbons (Fsp3) is 0.458. The van der Waals surface area contributed by atoms with Gasteiger partial charge in [0.15, 0.2) is 0 Å². The lowest BCUT2D eigenvalue weighted by atomic mass is 9.72. The zero-order valence-electron chi connectivity index (χ0n) is 34.1. The van der Waals surface area contributed by atoms with Gasteiger partial charge in [0.25, 0.3) is 0 Å². The highest BCUT2D eigenvalue weighted by Crippen LogP contribution is 2.47. The standard InChI is InChI=1S/C48H54N6O4/c1-5-29-27-53-21-17-31(29)23-43(53)45(35-15-19-49-41-13-11-33(55-3)25-39(35)41)57-47-37-9-7-8-10-38(37)48(52-51-47)58-46(44-24-32-18-22-54(44)28-30(32)6-2)36-16-20-50-42-14-12-34(56-4)26-40(36)42/h7-16,19-20,25-26,29-32,43-46H,5-6,17-18,21-24,27-28H2,1-4H3/t29-,30-,31-,32-,43-,44-,45+,46+/m0/s1. The molecule has 0 amide bonds. The van der Waals surface area contributed by atoms with Crippen LogP contribution < -0.4 is 18.9 Å². The average molecular weight is 779 g/mol. The highest BCUT2D eigenvalue weighted by Gasteiger charge is 2.46. The molecule has 10 atom stereocenters. The smallest absolute Gasteiger partial charge is 0.242 e. The molecule has 0 spiro atoms. The fourth-order valence-corrected chi connectivity index (χ4v) is 11.1. The number of rotatable bonds is 12. The summed E-state index contributed by atoms with van der Waals surface area (Å²) in [6, 6.07) is 25.1. The minimum Gasteiger partial charge on any atom is -0.497 e. The molecule has 0 saturated carbocycles. The third-order valence-corrected chi connectivity index (χ3v) is 14.3. The van der Waals surface area contributed by atoms with Crippen LogP contribution in [-0.2, 0) is 0 Å². The van der Waals surface area contributed by atoms with Crippen LogP contribution in [0.3, 0.4) is 0 Å². The highest BCUT2D eigenvalue weighted by atomic mass is 16.5. The molecule has 6 fully saturated rings. The Balaban J connectivity index is 1.06. The Morgan fingerprint density at radius 2 is 1.07 bits per heavy atom. The van der Waals surface area contributed by atoms with Crippen molar-refractivity contribution in [1.29, 1.82) is 0 Å². The lowest BCUT2D eigenvalue weighted by molar-refractivity contribution is -0.0505. The van der Waals surface area contributed by atoms with E-state index in [2.05, 4.69) is 72.2 Å². The van der Waals surface area contributed by atoms with Crippen molar-refractivity contribution in [1.82, 2.24) is 30.0 Å². The first-order valence-corrected chi connectivity index (χ1v) is 21.5. The van der Waals surface area contributed by atoms with Crippen LogP contribution in [0.2, 0.25) is 0 Å². The van der Waals surface area contributed by atoms with E-state index in [1.807, 2.05) is 36.7 Å². The molecule has 6 saturated heterocycles. The molecule has 3 aromatic heterocycles. The van der Waals surface area contributed by atoms with Crippen molar-refractivity contribution in [3.8, 4) is 23.3 Å². The van der Waals surface area contributed by atoms with E-state index in [-0.39, 0.29) is 24.3 Å². The lowest BCUT2D eigenvalue weighted by Gasteiger charge is -2.52. The molecule has 58 heavy (non-hydrogen) atoms. The van der Waals surface area contributed by atoms with Crippen molar-refractivity contribution in [2.75, 3.05) is 40.4 Å². The normalized spacial score (nSPS) is 27.4. The molecular formula is C48H54N6O4. The summed E-state index contributed by atoms with van der Waals surface area (Å²) in [5.74, 6) is 5.39. The van der Waals surface area contributed by atoms with Gasteiger partial charge in [-0.25, -0.2) is 0 Å². The first-order valence-electron chi connectivity index (χ1n) is 21.5. The molecule has 6 aliphatic heterocycles. The summed E-state index contributed by atoms with van der Waals surface area (Å²) in [5.41, 5.74) is 4.01. The first-order chi connectivity index (χ1) is 28.5. The molecule has 10 nitrogen and oxygen atoms in total. The van der Waals surface area contributed by atoms with Crippen molar-refractivity contribution in [3.63, 3.8) is 0 Å². The van der Waals surface area contributed by atoms with E-state index in [4.69, 9.17) is 39.1 Å². The maximum absolute atomic E-state index is 7.30. The number of piperidine rings is 6. The predicted octanol–water partition coefficient (Wildman–Crippen LogP) is 9.22. The van der Waals surface area contributed by atoms with Gasteiger partial charge in [-0.1, -0.05) is 38.8 Å². The summed E-state index contributed by atoms with van der Waals surface area (Å²) in [7, 11) is 3.42. The predicted molar refractivity (Wildman–Crippen MR) is 227 cm³/mol. The van der Waals surface area contributed by atoms with Gasteiger partial charge >= 0.3 is 0 Å². The molecule has 0 N–H and O–H groups in total. The first kappa shape index (κ1) is 37.2. The van der Waals surface area contributed by atoms with E-state index in [1.165, 1.54) is 25.7 Å². The number of ether oxygens (including phenoxy) is 4. The fourth-order valence-electron chi connectivity index (χ4n) is 11.1.